The lowest BCUT2D eigenvalue weighted by molar-refractivity contribution is -0.152. The largest absolute Gasteiger partial charge is 0.467 e. The summed E-state index contributed by atoms with van der Waals surface area (Å²) < 4.78 is 4.92. The van der Waals surface area contributed by atoms with E-state index >= 15 is 0 Å². The van der Waals surface area contributed by atoms with Gasteiger partial charge in [-0.25, -0.2) is 4.79 Å². The van der Waals surface area contributed by atoms with Gasteiger partial charge >= 0.3 is 5.97 Å². The van der Waals surface area contributed by atoms with Crippen LogP contribution in [0.2, 0.25) is 0 Å². The number of methoxy groups -OCH3 is 1. The molecule has 0 heterocycles. The molecule has 0 radical (unpaired) electrons. The maximum atomic E-state index is 12.0. The average Bonchev–Trinajstić information content (AvgIpc) is 2.35. The summed E-state index contributed by atoms with van der Waals surface area (Å²) >= 11 is 1.58. The molecule has 1 N–H and O–H groups in total. The van der Waals surface area contributed by atoms with Crippen LogP contribution in [-0.2, 0) is 14.3 Å². The second-order valence-electron chi connectivity index (χ2n) is 6.08. The van der Waals surface area contributed by atoms with E-state index in [9.17, 15) is 9.59 Å². The molecule has 0 aliphatic heterocycles. The molecule has 5 heteroatoms. The highest BCUT2D eigenvalue weighted by Gasteiger charge is 2.41. The predicted molar refractivity (Wildman–Crippen MR) is 78.2 cm³/mol. The maximum Gasteiger partial charge on any atom is 0.331 e. The number of thioether (sulfide) groups is 1. The van der Waals surface area contributed by atoms with Gasteiger partial charge in [0, 0.05) is 4.75 Å². The van der Waals surface area contributed by atoms with Crippen molar-refractivity contribution in [3.8, 4) is 0 Å². The van der Waals surface area contributed by atoms with Gasteiger partial charge in [0.15, 0.2) is 0 Å². The smallest absolute Gasteiger partial charge is 0.331 e. The summed E-state index contributed by atoms with van der Waals surface area (Å²) in [5.74, 6) is -0.00376. The van der Waals surface area contributed by atoms with E-state index in [2.05, 4.69) is 26.1 Å². The zero-order valence-corrected chi connectivity index (χ0v) is 13.2. The monoisotopic (exact) mass is 287 g/mol. The predicted octanol–water partition coefficient (Wildman–Crippen LogP) is 2.51. The van der Waals surface area contributed by atoms with Crippen molar-refractivity contribution < 1.29 is 14.3 Å². The molecule has 0 atom stereocenters. The van der Waals surface area contributed by atoms with Gasteiger partial charge in [0.25, 0.3) is 0 Å². The van der Waals surface area contributed by atoms with E-state index in [1.165, 1.54) is 7.11 Å². The molecule has 110 valence electrons. The van der Waals surface area contributed by atoms with Crippen molar-refractivity contribution in [2.45, 2.75) is 63.2 Å². The van der Waals surface area contributed by atoms with E-state index in [1.54, 1.807) is 11.8 Å². The summed E-state index contributed by atoms with van der Waals surface area (Å²) in [5, 5.41) is 2.92. The fourth-order valence-electron chi connectivity index (χ4n) is 2.32. The van der Waals surface area contributed by atoms with E-state index in [4.69, 9.17) is 4.74 Å². The highest BCUT2D eigenvalue weighted by molar-refractivity contribution is 8.01. The normalized spacial score (nSPS) is 18.7. The van der Waals surface area contributed by atoms with E-state index in [0.29, 0.717) is 18.6 Å². The van der Waals surface area contributed by atoms with Gasteiger partial charge in [-0.1, -0.05) is 40.0 Å². The summed E-state index contributed by atoms with van der Waals surface area (Å²) in [7, 11) is 1.38. The second kappa shape index (κ2) is 6.64. The lowest BCUT2D eigenvalue weighted by atomic mass is 9.81. The van der Waals surface area contributed by atoms with E-state index < -0.39 is 5.54 Å². The molecule has 1 rings (SSSR count). The number of rotatable bonds is 4. The summed E-state index contributed by atoms with van der Waals surface area (Å²) in [5.41, 5.74) is -0.789. The fraction of sp³-hybridized carbons (Fsp3) is 0.857. The lowest BCUT2D eigenvalue weighted by Gasteiger charge is -2.35. The zero-order chi connectivity index (χ0) is 14.5. The Morgan fingerprint density at radius 1 is 1.21 bits per heavy atom. The maximum absolute atomic E-state index is 12.0. The number of carbonyl (C=O) groups excluding carboxylic acids is 2. The van der Waals surface area contributed by atoms with Crippen LogP contribution in [-0.4, -0.2) is 35.0 Å². The minimum Gasteiger partial charge on any atom is -0.467 e. The van der Waals surface area contributed by atoms with Crippen molar-refractivity contribution >= 4 is 23.6 Å². The molecule has 1 amide bonds. The molecule has 0 bridgehead atoms. The molecular weight excluding hydrogens is 262 g/mol. The first kappa shape index (κ1) is 16.3. The molecule has 0 spiro atoms. The van der Waals surface area contributed by atoms with Crippen molar-refractivity contribution in [2.24, 2.45) is 0 Å². The second-order valence-corrected chi connectivity index (χ2v) is 7.89. The number of nitrogens with one attached hydrogen (secondary N) is 1. The Balaban J connectivity index is 2.62. The van der Waals surface area contributed by atoms with Crippen molar-refractivity contribution in [3.05, 3.63) is 0 Å². The van der Waals surface area contributed by atoms with Crippen LogP contribution < -0.4 is 5.32 Å². The van der Waals surface area contributed by atoms with Gasteiger partial charge in [0.2, 0.25) is 5.91 Å². The third-order valence-corrected chi connectivity index (χ3v) is 4.57. The van der Waals surface area contributed by atoms with E-state index in [1.807, 2.05) is 0 Å². The number of hydrogen-bond donors (Lipinski definition) is 1. The van der Waals surface area contributed by atoms with Crippen molar-refractivity contribution in [1.82, 2.24) is 5.32 Å². The Labute approximate surface area is 120 Å². The third kappa shape index (κ3) is 5.05. The van der Waals surface area contributed by atoms with Crippen molar-refractivity contribution in [1.29, 1.82) is 0 Å². The standard InChI is InChI=1S/C14H25NO3S/c1-13(2,3)19-10-11(16)15-14(12(17)18-4)8-6-5-7-9-14/h5-10H2,1-4H3,(H,15,16). The van der Waals surface area contributed by atoms with Crippen LogP contribution in [0.5, 0.6) is 0 Å². The van der Waals surface area contributed by atoms with Crippen LogP contribution >= 0.6 is 11.8 Å². The quantitative estimate of drug-likeness (QED) is 0.807. The SMILES string of the molecule is COC(=O)C1(NC(=O)CSC(C)(C)C)CCCCC1. The fourth-order valence-corrected chi connectivity index (χ4v) is 2.95. The van der Waals surface area contributed by atoms with Gasteiger partial charge in [0.1, 0.15) is 5.54 Å². The summed E-state index contributed by atoms with van der Waals surface area (Å²) in [4.78, 5) is 24.0. The number of amides is 1. The van der Waals surface area contributed by atoms with Gasteiger partial charge in [0.05, 0.1) is 12.9 Å². The highest BCUT2D eigenvalue weighted by atomic mass is 32.2. The van der Waals surface area contributed by atoms with Crippen LogP contribution in [0.15, 0.2) is 0 Å². The molecule has 4 nitrogen and oxygen atoms in total. The minimum atomic E-state index is -0.789. The van der Waals surface area contributed by atoms with Gasteiger partial charge in [-0.3, -0.25) is 4.79 Å². The number of esters is 1. The first-order valence-corrected chi connectivity index (χ1v) is 7.81. The molecule has 1 aliphatic rings. The molecule has 0 aromatic rings. The molecule has 1 aliphatic carbocycles. The number of ether oxygens (including phenoxy) is 1. The summed E-state index contributed by atoms with van der Waals surface area (Å²) in [6.07, 6.45) is 4.41. The van der Waals surface area contributed by atoms with Crippen LogP contribution in [0.4, 0.5) is 0 Å². The van der Waals surface area contributed by atoms with Crippen LogP contribution in [0.25, 0.3) is 0 Å². The summed E-state index contributed by atoms with van der Waals surface area (Å²) in [6, 6.07) is 0. The highest BCUT2D eigenvalue weighted by Crippen LogP contribution is 2.30. The van der Waals surface area contributed by atoms with E-state index in [0.717, 1.165) is 19.3 Å². The number of carbonyl (C=O) groups is 2. The molecular formula is C14H25NO3S. The Kier molecular flexibility index (Phi) is 5.71. The molecule has 0 aromatic heterocycles. The Morgan fingerprint density at radius 2 is 1.79 bits per heavy atom. The first-order chi connectivity index (χ1) is 8.79. The van der Waals surface area contributed by atoms with Crippen LogP contribution in [0, 0.1) is 0 Å². The van der Waals surface area contributed by atoms with Gasteiger partial charge in [-0.2, -0.15) is 0 Å². The molecule has 0 unspecified atom stereocenters. The molecule has 0 aromatic carbocycles. The minimum absolute atomic E-state index is 0.0440. The van der Waals surface area contributed by atoms with E-state index in [-0.39, 0.29) is 16.6 Å². The van der Waals surface area contributed by atoms with Crippen LogP contribution in [0.3, 0.4) is 0 Å². The van der Waals surface area contributed by atoms with Gasteiger partial charge in [-0.05, 0) is 12.8 Å². The summed E-state index contributed by atoms with van der Waals surface area (Å²) in [6.45, 7) is 6.21. The Morgan fingerprint density at radius 3 is 2.26 bits per heavy atom. The Hall–Kier alpha value is -0.710. The van der Waals surface area contributed by atoms with Crippen LogP contribution in [0.1, 0.15) is 52.9 Å². The molecule has 19 heavy (non-hydrogen) atoms. The molecule has 0 saturated heterocycles. The average molecular weight is 287 g/mol. The van der Waals surface area contributed by atoms with Gasteiger partial charge < -0.3 is 10.1 Å². The number of hydrogen-bond acceptors (Lipinski definition) is 4. The lowest BCUT2D eigenvalue weighted by Crippen LogP contribution is -2.56. The molecule has 1 fully saturated rings. The third-order valence-electron chi connectivity index (χ3n) is 3.30. The Bertz CT molecular complexity index is 330. The van der Waals surface area contributed by atoms with Crippen molar-refractivity contribution in [2.75, 3.05) is 12.9 Å². The zero-order valence-electron chi connectivity index (χ0n) is 12.4. The van der Waals surface area contributed by atoms with Crippen molar-refractivity contribution in [3.63, 3.8) is 0 Å². The first-order valence-electron chi connectivity index (χ1n) is 6.82. The molecule has 1 saturated carbocycles. The van der Waals surface area contributed by atoms with Gasteiger partial charge in [-0.15, -0.1) is 11.8 Å². The topological polar surface area (TPSA) is 55.4 Å².